The lowest BCUT2D eigenvalue weighted by Gasteiger charge is -2.00. The number of hydrogen-bond acceptors (Lipinski definition) is 6. The second-order valence-corrected chi connectivity index (χ2v) is 5.16. The van der Waals surface area contributed by atoms with Crippen molar-refractivity contribution in [1.82, 2.24) is 10.2 Å². The molecule has 0 aliphatic carbocycles. The van der Waals surface area contributed by atoms with Gasteiger partial charge < -0.3 is 10.1 Å². The predicted octanol–water partition coefficient (Wildman–Crippen LogP) is 1.57. The van der Waals surface area contributed by atoms with Crippen LogP contribution in [0, 0.1) is 6.92 Å². The maximum absolute atomic E-state index is 11.9. The molecule has 8 heteroatoms. The van der Waals surface area contributed by atoms with E-state index in [1.807, 2.05) is 0 Å². The molecule has 0 atom stereocenters. The first-order valence-electron chi connectivity index (χ1n) is 6.16. The minimum atomic E-state index is -0.470. The number of aromatic nitrogens is 2. The predicted molar refractivity (Wildman–Crippen MR) is 77.8 cm³/mol. The summed E-state index contributed by atoms with van der Waals surface area (Å²) in [6, 6.07) is 4.22. The average Bonchev–Trinajstić information content (AvgIpc) is 2.80. The van der Waals surface area contributed by atoms with Gasteiger partial charge in [-0.1, -0.05) is 0 Å². The van der Waals surface area contributed by atoms with Gasteiger partial charge in [0.25, 0.3) is 11.5 Å². The Labute approximate surface area is 124 Å². The molecule has 0 saturated carbocycles. The first-order valence-corrected chi connectivity index (χ1v) is 6.97. The summed E-state index contributed by atoms with van der Waals surface area (Å²) < 4.78 is 4.93. The van der Waals surface area contributed by atoms with Gasteiger partial charge in [0.1, 0.15) is 10.6 Å². The Morgan fingerprint density at radius 1 is 1.43 bits per heavy atom. The van der Waals surface area contributed by atoms with Gasteiger partial charge in [-0.05, 0) is 31.5 Å². The number of nitrogens with one attached hydrogen (secondary N) is 2. The van der Waals surface area contributed by atoms with Gasteiger partial charge in [0, 0.05) is 6.07 Å². The summed E-state index contributed by atoms with van der Waals surface area (Å²) in [5.74, 6) is -0.884. The SMILES string of the molecule is CCOC(=O)c1sc(NC(=O)c2ccc(=O)[nH]n2)cc1C. The van der Waals surface area contributed by atoms with Crippen molar-refractivity contribution >= 4 is 28.2 Å². The molecule has 1 amide bonds. The summed E-state index contributed by atoms with van der Waals surface area (Å²) >= 11 is 1.13. The average molecular weight is 307 g/mol. The van der Waals surface area contributed by atoms with Gasteiger partial charge in [-0.15, -0.1) is 11.3 Å². The summed E-state index contributed by atoms with van der Waals surface area (Å²) in [6.07, 6.45) is 0. The molecule has 0 bridgehead atoms. The van der Waals surface area contributed by atoms with Crippen LogP contribution in [0.25, 0.3) is 0 Å². The van der Waals surface area contributed by atoms with Crippen LogP contribution in [0.5, 0.6) is 0 Å². The molecule has 2 rings (SSSR count). The number of nitrogens with zero attached hydrogens (tertiary/aromatic N) is 1. The summed E-state index contributed by atoms with van der Waals surface area (Å²) in [5, 5.41) is 8.94. The van der Waals surface area contributed by atoms with Crippen molar-refractivity contribution in [2.75, 3.05) is 11.9 Å². The topological polar surface area (TPSA) is 101 Å². The molecule has 0 spiro atoms. The first-order chi connectivity index (χ1) is 10.0. The van der Waals surface area contributed by atoms with E-state index in [0.29, 0.717) is 16.5 Å². The van der Waals surface area contributed by atoms with Crippen LogP contribution in [-0.4, -0.2) is 28.7 Å². The van der Waals surface area contributed by atoms with Gasteiger partial charge in [-0.2, -0.15) is 5.10 Å². The fourth-order valence-corrected chi connectivity index (χ4v) is 2.55. The van der Waals surface area contributed by atoms with Crippen LogP contribution >= 0.6 is 11.3 Å². The monoisotopic (exact) mass is 307 g/mol. The highest BCUT2D eigenvalue weighted by Gasteiger charge is 2.16. The molecule has 0 aliphatic rings. The maximum Gasteiger partial charge on any atom is 0.348 e. The molecule has 0 aliphatic heterocycles. The number of thiophene rings is 1. The number of aromatic amines is 1. The van der Waals surface area contributed by atoms with Gasteiger partial charge in [0.15, 0.2) is 0 Å². The van der Waals surface area contributed by atoms with E-state index in [1.54, 1.807) is 19.9 Å². The number of aryl methyl sites for hydroxylation is 1. The van der Waals surface area contributed by atoms with Crippen LogP contribution in [0.4, 0.5) is 5.00 Å². The van der Waals surface area contributed by atoms with Gasteiger partial charge in [-0.25, -0.2) is 9.89 Å². The van der Waals surface area contributed by atoms with Crippen molar-refractivity contribution in [1.29, 1.82) is 0 Å². The Morgan fingerprint density at radius 3 is 2.81 bits per heavy atom. The van der Waals surface area contributed by atoms with Crippen LogP contribution in [0.15, 0.2) is 23.0 Å². The number of carbonyl (C=O) groups is 2. The number of amides is 1. The van der Waals surface area contributed by atoms with Gasteiger partial charge in [0.05, 0.1) is 11.6 Å². The smallest absolute Gasteiger partial charge is 0.348 e. The van der Waals surface area contributed by atoms with E-state index in [0.717, 1.165) is 16.9 Å². The summed E-state index contributed by atoms with van der Waals surface area (Å²) in [7, 11) is 0. The zero-order valence-corrected chi connectivity index (χ0v) is 12.2. The second kappa shape index (κ2) is 6.31. The van der Waals surface area contributed by atoms with Gasteiger partial charge in [0.2, 0.25) is 0 Å². The van der Waals surface area contributed by atoms with E-state index in [4.69, 9.17) is 4.74 Å². The highest BCUT2D eigenvalue weighted by molar-refractivity contribution is 7.18. The number of hydrogen-bond donors (Lipinski definition) is 2. The fourth-order valence-electron chi connectivity index (χ4n) is 1.59. The lowest BCUT2D eigenvalue weighted by atomic mass is 10.3. The Hall–Kier alpha value is -2.48. The Bertz CT molecular complexity index is 715. The molecule has 0 saturated heterocycles. The molecule has 2 N–H and O–H groups in total. The number of H-pyrrole nitrogens is 1. The van der Waals surface area contributed by atoms with Crippen molar-refractivity contribution in [3.05, 3.63) is 44.7 Å². The molecule has 0 radical (unpaired) electrons. The summed E-state index contributed by atoms with van der Waals surface area (Å²) in [4.78, 5) is 35.0. The third kappa shape index (κ3) is 3.54. The largest absolute Gasteiger partial charge is 0.462 e. The van der Waals surface area contributed by atoms with Crippen molar-refractivity contribution in [3.63, 3.8) is 0 Å². The zero-order valence-electron chi connectivity index (χ0n) is 11.4. The van der Waals surface area contributed by atoms with E-state index in [-0.39, 0.29) is 11.3 Å². The second-order valence-electron chi connectivity index (χ2n) is 4.10. The third-order valence-corrected chi connectivity index (χ3v) is 3.66. The Balaban J connectivity index is 2.15. The molecule has 110 valence electrons. The van der Waals surface area contributed by atoms with Crippen molar-refractivity contribution in [2.24, 2.45) is 0 Å². The van der Waals surface area contributed by atoms with E-state index < -0.39 is 11.9 Å². The number of ether oxygens (including phenoxy) is 1. The van der Waals surface area contributed by atoms with Crippen molar-refractivity contribution < 1.29 is 14.3 Å². The van der Waals surface area contributed by atoms with Crippen LogP contribution in [0.1, 0.15) is 32.6 Å². The van der Waals surface area contributed by atoms with Crippen molar-refractivity contribution in [2.45, 2.75) is 13.8 Å². The summed E-state index contributed by atoms with van der Waals surface area (Å²) in [5.41, 5.74) is 0.421. The highest BCUT2D eigenvalue weighted by atomic mass is 32.1. The molecule has 21 heavy (non-hydrogen) atoms. The normalized spacial score (nSPS) is 10.2. The minimum Gasteiger partial charge on any atom is -0.462 e. The van der Waals surface area contributed by atoms with Gasteiger partial charge in [-0.3, -0.25) is 9.59 Å². The molecule has 0 fully saturated rings. The number of anilines is 1. The molecule has 0 unspecified atom stereocenters. The van der Waals surface area contributed by atoms with E-state index in [1.165, 1.54) is 12.1 Å². The Morgan fingerprint density at radius 2 is 2.19 bits per heavy atom. The van der Waals surface area contributed by atoms with E-state index in [9.17, 15) is 14.4 Å². The molecule has 7 nitrogen and oxygen atoms in total. The quantitative estimate of drug-likeness (QED) is 0.835. The van der Waals surface area contributed by atoms with E-state index in [2.05, 4.69) is 15.5 Å². The van der Waals surface area contributed by atoms with Gasteiger partial charge >= 0.3 is 5.97 Å². The number of carbonyl (C=O) groups excluding carboxylic acids is 2. The lowest BCUT2D eigenvalue weighted by molar-refractivity contribution is 0.0531. The molecular weight excluding hydrogens is 294 g/mol. The Kier molecular flexibility index (Phi) is 4.49. The first kappa shape index (κ1) is 14.9. The van der Waals surface area contributed by atoms with Crippen LogP contribution in [-0.2, 0) is 4.74 Å². The van der Waals surface area contributed by atoms with Crippen LogP contribution in [0.2, 0.25) is 0 Å². The van der Waals surface area contributed by atoms with E-state index >= 15 is 0 Å². The molecular formula is C13H13N3O4S. The van der Waals surface area contributed by atoms with Crippen LogP contribution < -0.4 is 10.9 Å². The standard InChI is InChI=1S/C13H13N3O4S/c1-3-20-13(19)11-7(2)6-10(21-11)14-12(18)8-4-5-9(17)16-15-8/h4-6H,3H2,1-2H3,(H,14,18)(H,16,17). The van der Waals surface area contributed by atoms with Crippen molar-refractivity contribution in [3.8, 4) is 0 Å². The minimum absolute atomic E-state index is 0.0818. The highest BCUT2D eigenvalue weighted by Crippen LogP contribution is 2.27. The number of rotatable bonds is 4. The summed E-state index contributed by atoms with van der Waals surface area (Å²) in [6.45, 7) is 3.78. The fraction of sp³-hybridized carbons (Fsp3) is 0.231. The lowest BCUT2D eigenvalue weighted by Crippen LogP contribution is -2.16. The molecule has 0 aromatic carbocycles. The maximum atomic E-state index is 11.9. The number of esters is 1. The molecule has 2 aromatic rings. The third-order valence-electron chi connectivity index (χ3n) is 2.53. The molecule has 2 heterocycles. The van der Waals surface area contributed by atoms with Crippen LogP contribution in [0.3, 0.4) is 0 Å². The molecule has 2 aromatic heterocycles. The zero-order chi connectivity index (χ0) is 15.4.